The first-order chi connectivity index (χ1) is 12.8. The van der Waals surface area contributed by atoms with Gasteiger partial charge in [0.25, 0.3) is 5.69 Å². The first-order valence-corrected chi connectivity index (χ1v) is 9.69. The molecular weight excluding hydrogens is 372 g/mol. The van der Waals surface area contributed by atoms with E-state index < -0.39 is 20.6 Å². The fourth-order valence-electron chi connectivity index (χ4n) is 2.09. The Labute approximate surface area is 157 Å². The molecule has 144 valence electrons. The van der Waals surface area contributed by atoms with Gasteiger partial charge in [-0.2, -0.15) is 5.10 Å². The van der Waals surface area contributed by atoms with Crippen LogP contribution in [0.5, 0.6) is 5.75 Å². The highest BCUT2D eigenvalue weighted by Gasteiger charge is 2.18. The fraction of sp³-hybridized carbons (Fsp3) is 0.235. The molecule has 2 aromatic carbocycles. The van der Waals surface area contributed by atoms with Crippen LogP contribution in [0.15, 0.2) is 52.5 Å². The maximum atomic E-state index is 11.3. The van der Waals surface area contributed by atoms with Gasteiger partial charge in [0, 0.05) is 6.07 Å². The number of nitrogens with two attached hydrogens (primary N) is 1. The van der Waals surface area contributed by atoms with Gasteiger partial charge in [-0.05, 0) is 48.4 Å². The number of nitro benzene ring substituents is 1. The average Bonchev–Trinajstić information content (AvgIpc) is 2.62. The lowest BCUT2D eigenvalue weighted by atomic mass is 10.2. The predicted molar refractivity (Wildman–Crippen MR) is 103 cm³/mol. The van der Waals surface area contributed by atoms with E-state index in [1.807, 2.05) is 0 Å². The van der Waals surface area contributed by atoms with Gasteiger partial charge >= 0.3 is 0 Å². The summed E-state index contributed by atoms with van der Waals surface area (Å²) in [6.45, 7) is 2.74. The van der Waals surface area contributed by atoms with Crippen LogP contribution in [-0.2, 0) is 10.0 Å². The minimum absolute atomic E-state index is 0.0446. The first kappa shape index (κ1) is 20.3. The van der Waals surface area contributed by atoms with Crippen molar-refractivity contribution in [1.29, 1.82) is 0 Å². The Hall–Kier alpha value is -2.98. The van der Waals surface area contributed by atoms with Crippen molar-refractivity contribution in [2.24, 2.45) is 10.2 Å². The number of hydrazone groups is 1. The highest BCUT2D eigenvalue weighted by Crippen LogP contribution is 2.27. The fourth-order valence-corrected chi connectivity index (χ4v) is 2.63. The molecule has 0 radical (unpaired) electrons. The Balaban J connectivity index is 2.08. The number of rotatable bonds is 9. The van der Waals surface area contributed by atoms with Crippen molar-refractivity contribution in [1.82, 2.24) is 0 Å². The van der Waals surface area contributed by atoms with Crippen molar-refractivity contribution < 1.29 is 18.1 Å². The normalized spacial score (nSPS) is 11.5. The van der Waals surface area contributed by atoms with Gasteiger partial charge in [0.1, 0.15) is 11.4 Å². The molecule has 0 aliphatic rings. The second kappa shape index (κ2) is 9.10. The van der Waals surface area contributed by atoms with Gasteiger partial charge in [0.15, 0.2) is 0 Å². The van der Waals surface area contributed by atoms with Crippen LogP contribution in [0.1, 0.15) is 25.3 Å². The quantitative estimate of drug-likeness (QED) is 0.291. The molecule has 0 bridgehead atoms. The molecule has 0 fully saturated rings. The van der Waals surface area contributed by atoms with E-state index in [2.05, 4.69) is 17.5 Å². The molecule has 0 heterocycles. The highest BCUT2D eigenvalue weighted by molar-refractivity contribution is 7.89. The summed E-state index contributed by atoms with van der Waals surface area (Å²) in [5, 5.41) is 20.1. The third-order valence-corrected chi connectivity index (χ3v) is 4.45. The van der Waals surface area contributed by atoms with E-state index in [4.69, 9.17) is 9.88 Å². The van der Waals surface area contributed by atoms with Crippen molar-refractivity contribution in [3.8, 4) is 5.75 Å². The van der Waals surface area contributed by atoms with E-state index in [0.29, 0.717) is 6.61 Å². The number of sulfonamides is 1. The van der Waals surface area contributed by atoms with E-state index in [1.54, 1.807) is 24.3 Å². The SMILES string of the molecule is CCCCOc1ccc(C=NNc2ccc(S(N)(=O)=O)cc2[N+](=O)[O-])cc1. The van der Waals surface area contributed by atoms with Crippen molar-refractivity contribution in [3.05, 3.63) is 58.1 Å². The van der Waals surface area contributed by atoms with Gasteiger partial charge in [0.05, 0.1) is 22.6 Å². The summed E-state index contributed by atoms with van der Waals surface area (Å²) in [5.74, 6) is 0.753. The summed E-state index contributed by atoms with van der Waals surface area (Å²) >= 11 is 0. The number of nitrogens with zero attached hydrogens (tertiary/aromatic N) is 2. The van der Waals surface area contributed by atoms with E-state index in [0.717, 1.165) is 30.2 Å². The number of benzene rings is 2. The summed E-state index contributed by atoms with van der Waals surface area (Å²) < 4.78 is 28.2. The van der Waals surface area contributed by atoms with Crippen LogP contribution in [0.25, 0.3) is 0 Å². The Morgan fingerprint density at radius 1 is 1.26 bits per heavy atom. The van der Waals surface area contributed by atoms with Crippen LogP contribution in [0, 0.1) is 10.1 Å². The van der Waals surface area contributed by atoms with Gasteiger partial charge in [-0.25, -0.2) is 13.6 Å². The summed E-state index contributed by atoms with van der Waals surface area (Å²) in [7, 11) is -4.03. The molecule has 27 heavy (non-hydrogen) atoms. The molecule has 3 N–H and O–H groups in total. The summed E-state index contributed by atoms with van der Waals surface area (Å²) in [6, 6.07) is 10.5. The number of unbranched alkanes of at least 4 members (excludes halogenated alkanes) is 1. The van der Waals surface area contributed by atoms with E-state index in [-0.39, 0.29) is 10.6 Å². The lowest BCUT2D eigenvalue weighted by molar-refractivity contribution is -0.384. The van der Waals surface area contributed by atoms with E-state index in [1.165, 1.54) is 18.3 Å². The molecule has 2 aromatic rings. The molecule has 0 aromatic heterocycles. The standard InChI is InChI=1S/C17H20N4O5S/c1-2-3-10-26-14-6-4-13(5-7-14)12-19-20-16-9-8-15(27(18,24)25)11-17(16)21(22)23/h4-9,11-12,20H,2-3,10H2,1H3,(H2,18,24,25). The first-order valence-electron chi connectivity index (χ1n) is 8.14. The molecule has 0 aliphatic carbocycles. The van der Waals surface area contributed by atoms with Gasteiger partial charge in [0.2, 0.25) is 10.0 Å². The van der Waals surface area contributed by atoms with Crippen LogP contribution in [-0.4, -0.2) is 26.2 Å². The molecule has 0 saturated carbocycles. The maximum absolute atomic E-state index is 11.3. The monoisotopic (exact) mass is 392 g/mol. The van der Waals surface area contributed by atoms with Gasteiger partial charge in [-0.1, -0.05) is 13.3 Å². The number of primary sulfonamides is 1. The van der Waals surface area contributed by atoms with E-state index in [9.17, 15) is 18.5 Å². The minimum Gasteiger partial charge on any atom is -0.494 e. The molecule has 0 spiro atoms. The third kappa shape index (κ3) is 6.04. The second-order valence-corrected chi connectivity index (χ2v) is 7.18. The number of hydrogen-bond donors (Lipinski definition) is 2. The van der Waals surface area contributed by atoms with Crippen LogP contribution in [0.3, 0.4) is 0 Å². The summed E-state index contributed by atoms with van der Waals surface area (Å²) in [4.78, 5) is 10.1. The maximum Gasteiger partial charge on any atom is 0.295 e. The zero-order valence-electron chi connectivity index (χ0n) is 14.7. The molecule has 0 saturated heterocycles. The number of ether oxygens (including phenoxy) is 1. The van der Waals surface area contributed by atoms with Gasteiger partial charge in [-0.15, -0.1) is 0 Å². The summed E-state index contributed by atoms with van der Waals surface area (Å²) in [6.07, 6.45) is 3.52. The number of nitro groups is 1. The van der Waals surface area contributed by atoms with E-state index >= 15 is 0 Å². The Morgan fingerprint density at radius 2 is 1.96 bits per heavy atom. The lowest BCUT2D eigenvalue weighted by Crippen LogP contribution is -2.12. The molecule has 2 rings (SSSR count). The zero-order valence-corrected chi connectivity index (χ0v) is 15.5. The smallest absolute Gasteiger partial charge is 0.295 e. The molecule has 0 unspecified atom stereocenters. The van der Waals surface area contributed by atoms with Crippen LogP contribution in [0.2, 0.25) is 0 Å². The Morgan fingerprint density at radius 3 is 2.56 bits per heavy atom. The minimum atomic E-state index is -4.03. The number of anilines is 1. The van der Waals surface area contributed by atoms with Crippen LogP contribution < -0.4 is 15.3 Å². The van der Waals surface area contributed by atoms with Crippen molar-refractivity contribution in [3.63, 3.8) is 0 Å². The zero-order chi connectivity index (χ0) is 19.9. The molecule has 10 heteroatoms. The second-order valence-electron chi connectivity index (χ2n) is 5.62. The van der Waals surface area contributed by atoms with Crippen molar-refractivity contribution in [2.75, 3.05) is 12.0 Å². The Kier molecular flexibility index (Phi) is 6.85. The molecule has 0 atom stereocenters. The molecule has 0 amide bonds. The van der Waals surface area contributed by atoms with Crippen LogP contribution >= 0.6 is 0 Å². The average molecular weight is 392 g/mol. The van der Waals surface area contributed by atoms with Crippen molar-refractivity contribution in [2.45, 2.75) is 24.7 Å². The molecule has 9 nitrogen and oxygen atoms in total. The lowest BCUT2D eigenvalue weighted by Gasteiger charge is -2.05. The topological polar surface area (TPSA) is 137 Å². The van der Waals surface area contributed by atoms with Gasteiger partial charge in [-0.3, -0.25) is 15.5 Å². The molecule has 0 aliphatic heterocycles. The largest absolute Gasteiger partial charge is 0.494 e. The predicted octanol–water partition coefficient (Wildman–Crippen LogP) is 2.87. The number of nitrogens with one attached hydrogen (secondary N) is 1. The number of hydrogen-bond acceptors (Lipinski definition) is 7. The summed E-state index contributed by atoms with van der Waals surface area (Å²) in [5.41, 5.74) is 2.90. The van der Waals surface area contributed by atoms with Crippen molar-refractivity contribution >= 4 is 27.6 Å². The van der Waals surface area contributed by atoms with Gasteiger partial charge < -0.3 is 4.74 Å². The molecular formula is C17H20N4O5S. The third-order valence-electron chi connectivity index (χ3n) is 3.54. The Bertz CT molecular complexity index is 927. The highest BCUT2D eigenvalue weighted by atomic mass is 32.2. The van der Waals surface area contributed by atoms with Crippen LogP contribution in [0.4, 0.5) is 11.4 Å².